The molecule has 78 valence electrons. The molecule has 0 N–H and O–H groups in total. The van der Waals surface area contributed by atoms with E-state index in [0.29, 0.717) is 17.1 Å². The van der Waals surface area contributed by atoms with Crippen LogP contribution < -0.4 is 13.4 Å². The molecule has 0 atom stereocenters. The van der Waals surface area contributed by atoms with E-state index in [0.717, 1.165) is 5.39 Å². The van der Waals surface area contributed by atoms with Crippen LogP contribution in [0.15, 0.2) is 33.5 Å². The average molecular weight is 318 g/mol. The van der Waals surface area contributed by atoms with Gasteiger partial charge < -0.3 is 12.2 Å². The van der Waals surface area contributed by atoms with E-state index in [4.69, 9.17) is 12.2 Å². The van der Waals surface area contributed by atoms with Crippen LogP contribution in [0.1, 0.15) is 0 Å². The van der Waals surface area contributed by atoms with Crippen LogP contribution in [0, 0.1) is 0 Å². The first kappa shape index (κ1) is 10.3. The quantitative estimate of drug-likeness (QED) is 0.631. The molecule has 1 aromatic heterocycles. The van der Waals surface area contributed by atoms with Gasteiger partial charge in [-0.25, -0.2) is 4.79 Å². The number of hydrogen-bond donors (Lipinski definition) is 0. The van der Waals surface area contributed by atoms with E-state index >= 15 is 0 Å². The van der Waals surface area contributed by atoms with E-state index in [9.17, 15) is 4.79 Å². The van der Waals surface area contributed by atoms with Gasteiger partial charge in [-0.3, -0.25) is 0 Å². The van der Waals surface area contributed by atoms with Crippen molar-refractivity contribution in [2.45, 2.75) is 0 Å². The van der Waals surface area contributed by atoms with Crippen molar-refractivity contribution in [1.82, 2.24) is 0 Å². The third-order valence-electron chi connectivity index (χ3n) is 1.99. The molecule has 0 radical (unpaired) electrons. The first-order valence-corrected chi connectivity index (χ1v) is 5.03. The number of benzene rings is 1. The summed E-state index contributed by atoms with van der Waals surface area (Å²) in [6.07, 6.45) is 0. The van der Waals surface area contributed by atoms with Crippen molar-refractivity contribution in [1.29, 1.82) is 0 Å². The minimum atomic E-state index is -0.382. The molecular weight excluding hydrogens is 311 g/mol. The topological polar surface area (TPSA) is 48.7 Å². The maximum atomic E-state index is 11.0. The Morgan fingerprint density at radius 2 is 2.07 bits per heavy atom. The molecule has 0 amide bonds. The molecule has 0 bridgehead atoms. The number of rotatable bonds is 2. The molecule has 0 saturated heterocycles. The summed E-state index contributed by atoms with van der Waals surface area (Å²) < 4.78 is 15.2. The van der Waals surface area contributed by atoms with Crippen LogP contribution in [-0.2, 0) is 0 Å². The Morgan fingerprint density at radius 3 is 2.73 bits per heavy atom. The van der Waals surface area contributed by atoms with Gasteiger partial charge in [0, 0.05) is 17.5 Å². The summed E-state index contributed by atoms with van der Waals surface area (Å²) in [6.45, 7) is 0. The van der Waals surface area contributed by atoms with Gasteiger partial charge in [-0.15, -0.1) is 0 Å². The smallest absolute Gasteiger partial charge is 0.336 e. The molecule has 2 aromatic rings. The van der Waals surface area contributed by atoms with Gasteiger partial charge in [0.15, 0.2) is 34.5 Å². The first-order chi connectivity index (χ1) is 7.24. The number of fused-ring (bicyclic) bond motifs is 1. The molecule has 0 fully saturated rings. The number of hydrogen-bond acceptors (Lipinski definition) is 4. The summed E-state index contributed by atoms with van der Waals surface area (Å²) in [5, 5.41) is 0.795. The van der Waals surface area contributed by atoms with Crippen LogP contribution in [0.2, 0.25) is 0 Å². The molecule has 1 aromatic carbocycles. The maximum absolute atomic E-state index is 11.0. The zero-order valence-corrected chi connectivity index (χ0v) is 9.98. The Kier molecular flexibility index (Phi) is 2.81. The van der Waals surface area contributed by atoms with Gasteiger partial charge in [-0.1, -0.05) is 0 Å². The van der Waals surface area contributed by atoms with Crippen LogP contribution in [0.3, 0.4) is 0 Å². The molecule has 5 heteroatoms. The fraction of sp³-hybridized carbons (Fsp3) is 0.100. The zero-order valence-electron chi connectivity index (χ0n) is 7.82. The summed E-state index contributed by atoms with van der Waals surface area (Å²) in [7, 11) is 1.55. The Morgan fingerprint density at radius 1 is 1.27 bits per heavy atom. The summed E-state index contributed by atoms with van der Waals surface area (Å²) in [5.74, 6) is 1.13. The van der Waals surface area contributed by atoms with Crippen molar-refractivity contribution in [2.24, 2.45) is 0 Å². The highest BCUT2D eigenvalue weighted by atomic mass is 127. The highest BCUT2D eigenvalue weighted by molar-refractivity contribution is 14.1. The number of ether oxygens (including phenoxy) is 1. The predicted octanol–water partition coefficient (Wildman–Crippen LogP) is 2.53. The van der Waals surface area contributed by atoms with Crippen LogP contribution in [0.5, 0.6) is 11.5 Å². The second-order valence-electron chi connectivity index (χ2n) is 2.87. The second-order valence-corrected chi connectivity index (χ2v) is 3.31. The fourth-order valence-electron chi connectivity index (χ4n) is 1.30. The molecule has 0 unspecified atom stereocenters. The van der Waals surface area contributed by atoms with Crippen LogP contribution in [-0.4, -0.2) is 7.11 Å². The SMILES string of the molecule is COc1cc2ccc(=O)oc2cc1OI. The normalized spacial score (nSPS) is 10.3. The minimum absolute atomic E-state index is 0.382. The monoisotopic (exact) mass is 318 g/mol. The van der Waals surface area contributed by atoms with Gasteiger partial charge in [-0.05, 0) is 12.1 Å². The van der Waals surface area contributed by atoms with Crippen molar-refractivity contribution >= 4 is 34.0 Å². The van der Waals surface area contributed by atoms with E-state index in [1.807, 2.05) is 0 Å². The molecular formula is C10H7IO4. The second kappa shape index (κ2) is 4.09. The lowest BCUT2D eigenvalue weighted by Crippen LogP contribution is -1.95. The molecule has 15 heavy (non-hydrogen) atoms. The predicted molar refractivity (Wildman–Crippen MR) is 63.7 cm³/mol. The van der Waals surface area contributed by atoms with Crippen molar-refractivity contribution in [3.8, 4) is 11.5 Å². The molecule has 0 aliphatic heterocycles. The summed E-state index contributed by atoms with van der Waals surface area (Å²) in [5.41, 5.74) is 0.0991. The van der Waals surface area contributed by atoms with Crippen LogP contribution in [0.25, 0.3) is 11.0 Å². The molecule has 1 heterocycles. The maximum Gasteiger partial charge on any atom is 0.336 e. The summed E-state index contributed by atoms with van der Waals surface area (Å²) in [6, 6.07) is 6.43. The lowest BCUT2D eigenvalue weighted by molar-refractivity contribution is 0.403. The van der Waals surface area contributed by atoms with Gasteiger partial charge in [-0.2, -0.15) is 0 Å². The van der Waals surface area contributed by atoms with E-state index in [1.54, 1.807) is 48.3 Å². The zero-order chi connectivity index (χ0) is 10.8. The largest absolute Gasteiger partial charge is 0.493 e. The molecule has 0 aliphatic rings. The lowest BCUT2D eigenvalue weighted by atomic mass is 10.2. The summed E-state index contributed by atoms with van der Waals surface area (Å²) >= 11 is 1.74. The molecule has 0 spiro atoms. The van der Waals surface area contributed by atoms with Crippen molar-refractivity contribution < 1.29 is 12.2 Å². The van der Waals surface area contributed by atoms with Crippen LogP contribution >= 0.6 is 23.0 Å². The van der Waals surface area contributed by atoms with E-state index in [1.165, 1.54) is 6.07 Å². The van der Waals surface area contributed by atoms with Gasteiger partial charge in [0.25, 0.3) is 0 Å². The third-order valence-corrected chi connectivity index (χ3v) is 2.46. The highest BCUT2D eigenvalue weighted by Gasteiger charge is 2.07. The van der Waals surface area contributed by atoms with E-state index < -0.39 is 0 Å². The fourth-order valence-corrected chi connectivity index (χ4v) is 1.64. The van der Waals surface area contributed by atoms with E-state index in [2.05, 4.69) is 0 Å². The average Bonchev–Trinajstić information content (AvgIpc) is 2.27. The molecule has 0 aliphatic carbocycles. The van der Waals surface area contributed by atoms with Crippen molar-refractivity contribution in [2.75, 3.05) is 7.11 Å². The minimum Gasteiger partial charge on any atom is -0.493 e. The van der Waals surface area contributed by atoms with Gasteiger partial charge >= 0.3 is 5.63 Å². The molecule has 2 rings (SSSR count). The number of halogens is 1. The standard InChI is InChI=1S/C10H7IO4/c1-13-8-4-6-2-3-10(12)14-7(6)5-9(8)15-11/h2-5H,1H3. The summed E-state index contributed by atoms with van der Waals surface area (Å²) in [4.78, 5) is 11.0. The Labute approximate surface area is 99.5 Å². The number of methoxy groups -OCH3 is 1. The van der Waals surface area contributed by atoms with Crippen molar-refractivity contribution in [3.05, 3.63) is 34.7 Å². The van der Waals surface area contributed by atoms with E-state index in [-0.39, 0.29) is 5.63 Å². The van der Waals surface area contributed by atoms with Gasteiger partial charge in [0.2, 0.25) is 0 Å². The lowest BCUT2D eigenvalue weighted by Gasteiger charge is -2.06. The van der Waals surface area contributed by atoms with Gasteiger partial charge in [0.05, 0.1) is 7.11 Å². The Balaban J connectivity index is 2.75. The molecule has 4 nitrogen and oxygen atoms in total. The highest BCUT2D eigenvalue weighted by Crippen LogP contribution is 2.32. The first-order valence-electron chi connectivity index (χ1n) is 4.15. The van der Waals surface area contributed by atoms with Crippen LogP contribution in [0.4, 0.5) is 0 Å². The Bertz CT molecular complexity index is 547. The Hall–Kier alpha value is -1.24. The van der Waals surface area contributed by atoms with Gasteiger partial charge in [0.1, 0.15) is 5.58 Å². The van der Waals surface area contributed by atoms with Crippen molar-refractivity contribution in [3.63, 3.8) is 0 Å². The molecule has 0 saturated carbocycles. The third kappa shape index (κ3) is 1.92.